The second-order valence-electron chi connectivity index (χ2n) is 10.8. The van der Waals surface area contributed by atoms with E-state index in [1.807, 2.05) is 60.7 Å². The van der Waals surface area contributed by atoms with E-state index in [0.29, 0.717) is 5.69 Å². The van der Waals surface area contributed by atoms with Crippen LogP contribution in [0.25, 0.3) is 0 Å². The minimum Gasteiger partial charge on any atom is -0.391 e. The largest absolute Gasteiger partial charge is 0.391 e. The summed E-state index contributed by atoms with van der Waals surface area (Å²) in [5.74, 6) is -0.103. The summed E-state index contributed by atoms with van der Waals surface area (Å²) in [6.07, 6.45) is 26.2. The van der Waals surface area contributed by atoms with E-state index >= 15 is 0 Å². The zero-order valence-corrected chi connectivity index (χ0v) is 23.0. The van der Waals surface area contributed by atoms with E-state index in [1.165, 1.54) is 0 Å². The lowest BCUT2D eigenvalue weighted by atomic mass is 9.84. The number of nitrogens with zero attached hydrogens (tertiary/aromatic N) is 1. The first-order valence-electron chi connectivity index (χ1n) is 14.5. The molecule has 2 amide bonds. The van der Waals surface area contributed by atoms with Crippen molar-refractivity contribution in [2.45, 2.75) is 64.0 Å². The second-order valence-corrected chi connectivity index (χ2v) is 10.8. The van der Waals surface area contributed by atoms with Crippen molar-refractivity contribution in [2.75, 3.05) is 18.4 Å². The highest BCUT2D eigenvalue weighted by atomic mass is 16.3. The molecule has 0 saturated heterocycles. The Balaban J connectivity index is 1.26. The van der Waals surface area contributed by atoms with Crippen molar-refractivity contribution in [2.24, 2.45) is 17.8 Å². The van der Waals surface area contributed by atoms with E-state index < -0.39 is 6.10 Å². The van der Waals surface area contributed by atoms with Gasteiger partial charge in [0.1, 0.15) is 6.54 Å². The Bertz CT molecular complexity index is 1100. The van der Waals surface area contributed by atoms with E-state index in [-0.39, 0.29) is 42.2 Å². The van der Waals surface area contributed by atoms with Gasteiger partial charge in [0.05, 0.1) is 12.0 Å². The summed E-state index contributed by atoms with van der Waals surface area (Å²) in [6, 6.07) is 7.92. The molecule has 0 fully saturated rings. The monoisotopic (exact) mass is 529 g/mol. The first-order valence-corrected chi connectivity index (χ1v) is 14.5. The van der Waals surface area contributed by atoms with Gasteiger partial charge >= 0.3 is 0 Å². The Labute approximate surface area is 233 Å². The van der Waals surface area contributed by atoms with E-state index in [0.717, 1.165) is 57.1 Å². The molecule has 1 aliphatic heterocycles. The van der Waals surface area contributed by atoms with Crippen LogP contribution in [-0.4, -0.2) is 47.1 Å². The summed E-state index contributed by atoms with van der Waals surface area (Å²) >= 11 is 0. The van der Waals surface area contributed by atoms with Crippen LogP contribution in [0.5, 0.6) is 0 Å². The van der Waals surface area contributed by atoms with E-state index in [4.69, 9.17) is 0 Å². The van der Waals surface area contributed by atoms with Crippen molar-refractivity contribution in [3.05, 3.63) is 90.7 Å². The number of carbonyl (C=O) groups is 2. The van der Waals surface area contributed by atoms with Crippen LogP contribution in [0.2, 0.25) is 0 Å². The second kappa shape index (κ2) is 14.8. The fourth-order valence-electron chi connectivity index (χ4n) is 5.63. The molecule has 0 bridgehead atoms. The lowest BCUT2D eigenvalue weighted by Gasteiger charge is -2.29. The lowest BCUT2D eigenvalue weighted by Crippen LogP contribution is -2.44. The number of rotatable bonds is 11. The van der Waals surface area contributed by atoms with Crippen LogP contribution in [0.1, 0.15) is 51.0 Å². The fourth-order valence-corrected chi connectivity index (χ4v) is 5.63. The SMILES string of the molecule is CCC[C@@H](NCCc1ccc(NC(=O)CN2/C=C\CCCC3C=CC=CC3C2=O)cc1)[C@H](O)C1C=CC=CC1. The maximum atomic E-state index is 13.2. The van der Waals surface area contributed by atoms with Crippen molar-refractivity contribution in [3.8, 4) is 0 Å². The molecule has 2 aliphatic carbocycles. The smallest absolute Gasteiger partial charge is 0.244 e. The summed E-state index contributed by atoms with van der Waals surface area (Å²) in [4.78, 5) is 27.6. The number of hydrogen-bond acceptors (Lipinski definition) is 4. The molecule has 208 valence electrons. The van der Waals surface area contributed by atoms with Gasteiger partial charge in [-0.15, -0.1) is 0 Å². The lowest BCUT2D eigenvalue weighted by molar-refractivity contribution is -0.135. The third kappa shape index (κ3) is 8.38. The van der Waals surface area contributed by atoms with Gasteiger partial charge in [0.25, 0.3) is 0 Å². The van der Waals surface area contributed by atoms with Crippen LogP contribution in [-0.2, 0) is 16.0 Å². The maximum absolute atomic E-state index is 13.2. The number of fused-ring (bicyclic) bond motifs is 1. The van der Waals surface area contributed by atoms with Crippen molar-refractivity contribution in [3.63, 3.8) is 0 Å². The zero-order chi connectivity index (χ0) is 27.5. The number of allylic oxidation sites excluding steroid dienone is 7. The third-order valence-corrected chi connectivity index (χ3v) is 7.85. The average molecular weight is 530 g/mol. The highest BCUT2D eigenvalue weighted by Gasteiger charge is 2.30. The standard InChI is InChI=1S/C33H43N3O3/c1-2-11-30(32(38)27-14-5-3-6-15-27)34-22-21-25-17-19-28(20-18-25)35-31(37)24-36-23-10-4-7-12-26-13-8-9-16-29(26)33(36)39/h3,5-6,8-10,13-14,16-20,23,26-27,29-30,32,34,38H,2,4,7,11-12,15,21-22,24H2,1H3,(H,35,37)/b23-10-/t26?,27?,29?,30-,32-/m1/s1. The van der Waals surface area contributed by atoms with Gasteiger partial charge in [-0.3, -0.25) is 9.59 Å². The van der Waals surface area contributed by atoms with Crippen LogP contribution in [0.4, 0.5) is 5.69 Å². The van der Waals surface area contributed by atoms with Gasteiger partial charge in [-0.05, 0) is 68.7 Å². The maximum Gasteiger partial charge on any atom is 0.244 e. The molecule has 5 atom stereocenters. The van der Waals surface area contributed by atoms with Crippen LogP contribution < -0.4 is 10.6 Å². The average Bonchev–Trinajstić information content (AvgIpc) is 3.03. The summed E-state index contributed by atoms with van der Waals surface area (Å²) in [7, 11) is 0. The number of aliphatic hydroxyl groups is 1. The first kappa shape index (κ1) is 28.8. The van der Waals surface area contributed by atoms with Crippen LogP contribution in [0.15, 0.2) is 85.1 Å². The number of hydrogen-bond donors (Lipinski definition) is 3. The van der Waals surface area contributed by atoms with Gasteiger partial charge < -0.3 is 20.6 Å². The topological polar surface area (TPSA) is 81.7 Å². The molecule has 4 rings (SSSR count). The molecular weight excluding hydrogens is 486 g/mol. The normalized spacial score (nSPS) is 24.8. The van der Waals surface area contributed by atoms with E-state index in [2.05, 4.69) is 35.8 Å². The molecule has 3 N–H and O–H groups in total. The molecular formula is C33H43N3O3. The van der Waals surface area contributed by atoms with Crippen LogP contribution >= 0.6 is 0 Å². The third-order valence-electron chi connectivity index (χ3n) is 7.85. The number of benzene rings is 1. The highest BCUT2D eigenvalue weighted by Crippen LogP contribution is 2.28. The van der Waals surface area contributed by atoms with Gasteiger partial charge in [-0.25, -0.2) is 0 Å². The minimum atomic E-state index is -0.403. The number of carbonyl (C=O) groups excluding carboxylic acids is 2. The molecule has 1 aromatic carbocycles. The van der Waals surface area contributed by atoms with Crippen LogP contribution in [0.3, 0.4) is 0 Å². The van der Waals surface area contributed by atoms with Crippen molar-refractivity contribution in [1.82, 2.24) is 10.2 Å². The van der Waals surface area contributed by atoms with E-state index in [1.54, 1.807) is 11.1 Å². The predicted molar refractivity (Wildman–Crippen MR) is 158 cm³/mol. The Morgan fingerprint density at radius 2 is 1.87 bits per heavy atom. The molecule has 1 aromatic rings. The molecule has 1 heterocycles. The highest BCUT2D eigenvalue weighted by molar-refractivity contribution is 5.95. The van der Waals surface area contributed by atoms with Gasteiger partial charge in [0.15, 0.2) is 0 Å². The molecule has 0 spiro atoms. The van der Waals surface area contributed by atoms with Crippen molar-refractivity contribution >= 4 is 17.5 Å². The van der Waals surface area contributed by atoms with Gasteiger partial charge in [0, 0.05) is 23.8 Å². The van der Waals surface area contributed by atoms with Gasteiger partial charge in [0.2, 0.25) is 11.8 Å². The minimum absolute atomic E-state index is 0.00506. The first-order chi connectivity index (χ1) is 19.0. The van der Waals surface area contributed by atoms with Crippen molar-refractivity contribution in [1.29, 1.82) is 0 Å². The van der Waals surface area contributed by atoms with Crippen LogP contribution in [0, 0.1) is 17.8 Å². The Kier molecular flexibility index (Phi) is 10.9. The predicted octanol–water partition coefficient (Wildman–Crippen LogP) is 5.30. The number of anilines is 1. The quantitative estimate of drug-likeness (QED) is 0.363. The summed E-state index contributed by atoms with van der Waals surface area (Å²) in [6.45, 7) is 2.91. The number of aliphatic hydroxyl groups excluding tert-OH is 1. The molecule has 3 unspecified atom stereocenters. The molecule has 6 nitrogen and oxygen atoms in total. The van der Waals surface area contributed by atoms with Gasteiger partial charge in [-0.2, -0.15) is 0 Å². The van der Waals surface area contributed by atoms with E-state index in [9.17, 15) is 14.7 Å². The fraction of sp³-hybridized carbons (Fsp3) is 0.455. The Hall–Kier alpha value is -3.22. The summed E-state index contributed by atoms with van der Waals surface area (Å²) < 4.78 is 0. The number of nitrogens with one attached hydrogen (secondary N) is 2. The van der Waals surface area contributed by atoms with Crippen molar-refractivity contribution < 1.29 is 14.7 Å². The molecule has 0 aromatic heterocycles. The Morgan fingerprint density at radius 3 is 2.64 bits per heavy atom. The Morgan fingerprint density at radius 1 is 1.08 bits per heavy atom. The molecule has 3 aliphatic rings. The number of amides is 2. The molecule has 0 saturated carbocycles. The molecule has 0 radical (unpaired) electrons. The van der Waals surface area contributed by atoms with Gasteiger partial charge in [-0.1, -0.05) is 80.2 Å². The zero-order valence-electron chi connectivity index (χ0n) is 23.0. The molecule has 39 heavy (non-hydrogen) atoms. The summed E-state index contributed by atoms with van der Waals surface area (Å²) in [5, 5.41) is 17.4. The summed E-state index contributed by atoms with van der Waals surface area (Å²) in [5.41, 5.74) is 1.87. The molecule has 6 heteroatoms.